The number of nitrogens with zero attached hydrogens (tertiary/aromatic N) is 1. The van der Waals surface area contributed by atoms with Gasteiger partial charge in [-0.3, -0.25) is 25.9 Å². The molecule has 0 unspecified atom stereocenters. The summed E-state index contributed by atoms with van der Waals surface area (Å²) in [4.78, 5) is 0. The van der Waals surface area contributed by atoms with Crippen molar-refractivity contribution in [1.82, 2.24) is 0 Å². The Morgan fingerprint density at radius 3 is 1.54 bits per heavy atom. The van der Waals surface area contributed by atoms with Crippen molar-refractivity contribution in [3.8, 4) is 22.5 Å². The normalized spacial score (nSPS) is 13.3. The summed E-state index contributed by atoms with van der Waals surface area (Å²) in [5, 5.41) is 2.85. The molecule has 8 rings (SSSR count). The summed E-state index contributed by atoms with van der Waals surface area (Å²) in [6.45, 7) is 1.94. The number of halogens is 12. The third kappa shape index (κ3) is 15.9. The molecule has 2 aliphatic heterocycles. The molecule has 5 aromatic carbocycles. The summed E-state index contributed by atoms with van der Waals surface area (Å²) in [5.74, 6) is 3.20. The molecule has 0 bridgehead atoms. The van der Waals surface area contributed by atoms with Crippen LogP contribution < -0.4 is 9.41 Å². The Labute approximate surface area is 380 Å². The van der Waals surface area contributed by atoms with Gasteiger partial charge in [-0.25, -0.2) is 8.99 Å². The van der Waals surface area contributed by atoms with E-state index in [1.807, 2.05) is 134 Å². The minimum absolute atomic E-state index is 0. The quantitative estimate of drug-likeness (QED) is 0.0744. The first-order chi connectivity index (χ1) is 29.1. The molecule has 0 spiro atoms. The molecule has 17 heteroatoms. The van der Waals surface area contributed by atoms with Gasteiger partial charge >= 0.3 is 26.6 Å². The molecule has 3 heterocycles. The molecule has 324 valence electrons. The van der Waals surface area contributed by atoms with Crippen LogP contribution in [0.1, 0.15) is 22.5 Å². The van der Waals surface area contributed by atoms with E-state index in [1.165, 1.54) is 11.3 Å². The van der Waals surface area contributed by atoms with Crippen LogP contribution in [-0.4, -0.2) is 32.9 Å². The monoisotopic (exact) mass is 945 g/mol. The number of allylic oxidation sites excluding steroid dienone is 6. The van der Waals surface area contributed by atoms with Gasteiger partial charge in [0.25, 0.3) is 0 Å². The molecule has 6 aromatic rings. The molecule has 0 N–H and O–H groups in total. The summed E-state index contributed by atoms with van der Waals surface area (Å²) in [6, 6.07) is 43.3. The lowest BCUT2D eigenvalue weighted by Crippen LogP contribution is -3.00. The van der Waals surface area contributed by atoms with Gasteiger partial charge in [0.1, 0.15) is 18.6 Å². The number of hydrogen-bond donors (Lipinski definition) is 0. The topological polar surface area (TPSA) is 23.5 Å². The SMILES string of the molecule is C[N+]1=CC(=CC=C2C=C(c3ccc(Cl)cc3)C=C(c3ccc(Cl)cc3)O2)c2ccccc21.Cc1cc(-c2ccc(Cl)cc2)cc(-c2ccc(Cl)cc2)[o+]1.FB(F)F.FB(F)F.[F-].[F-]. The summed E-state index contributed by atoms with van der Waals surface area (Å²) >= 11 is 24.0. The first kappa shape index (κ1) is 51.8. The van der Waals surface area contributed by atoms with Crippen LogP contribution in [0.5, 0.6) is 0 Å². The van der Waals surface area contributed by atoms with Crippen molar-refractivity contribution in [2.45, 2.75) is 6.92 Å². The summed E-state index contributed by atoms with van der Waals surface area (Å²) in [5.41, 5.74) is 9.83. The van der Waals surface area contributed by atoms with E-state index in [0.29, 0.717) is 15.1 Å². The Morgan fingerprint density at radius 2 is 1.02 bits per heavy atom. The number of hydrogen-bond acceptors (Lipinski definition) is 1. The van der Waals surface area contributed by atoms with E-state index in [-0.39, 0.29) is 9.41 Å². The van der Waals surface area contributed by atoms with Crippen molar-refractivity contribution >= 4 is 90.3 Å². The Kier molecular flexibility index (Phi) is 20.5. The van der Waals surface area contributed by atoms with Crippen LogP contribution in [0.2, 0.25) is 20.1 Å². The second kappa shape index (κ2) is 24.9. The van der Waals surface area contributed by atoms with Gasteiger partial charge in [0.05, 0.1) is 29.7 Å². The van der Waals surface area contributed by atoms with Gasteiger partial charge in [-0.05, 0) is 120 Å². The predicted octanol–water partition coefficient (Wildman–Crippen LogP) is 10.1. The van der Waals surface area contributed by atoms with E-state index in [9.17, 15) is 25.9 Å². The van der Waals surface area contributed by atoms with Crippen molar-refractivity contribution in [2.75, 3.05) is 7.05 Å². The highest BCUT2D eigenvalue weighted by atomic mass is 35.5. The van der Waals surface area contributed by atoms with Gasteiger partial charge in [-0.1, -0.05) is 82.8 Å². The lowest BCUT2D eigenvalue weighted by molar-refractivity contribution is -0.395. The van der Waals surface area contributed by atoms with Gasteiger partial charge in [-0.15, -0.1) is 0 Å². The molecule has 0 radical (unpaired) electrons. The zero-order valence-corrected chi connectivity index (χ0v) is 36.1. The lowest BCUT2D eigenvalue weighted by atomic mass is 10.00. The molecule has 2 aliphatic rings. The fourth-order valence-electron chi connectivity index (χ4n) is 6.05. The van der Waals surface area contributed by atoms with E-state index in [2.05, 4.69) is 48.2 Å². The van der Waals surface area contributed by atoms with E-state index in [4.69, 9.17) is 55.6 Å². The van der Waals surface area contributed by atoms with Crippen molar-refractivity contribution in [3.63, 3.8) is 0 Å². The second-order valence-corrected chi connectivity index (χ2v) is 14.7. The van der Waals surface area contributed by atoms with Crippen molar-refractivity contribution in [2.24, 2.45) is 0 Å². The van der Waals surface area contributed by atoms with Crippen LogP contribution in [0, 0.1) is 6.92 Å². The Hall–Kier alpha value is -5.59. The van der Waals surface area contributed by atoms with Gasteiger partial charge in [0.2, 0.25) is 5.69 Å². The smallest absolute Gasteiger partial charge is 0.762 e. The fraction of sp³-hybridized carbons (Fsp3) is 0.0435. The minimum Gasteiger partial charge on any atom is -1.00 e. The third-order valence-corrected chi connectivity index (χ3v) is 9.70. The number of aryl methyl sites for hydroxylation is 1. The first-order valence-corrected chi connectivity index (χ1v) is 19.7. The average molecular weight is 947 g/mol. The summed E-state index contributed by atoms with van der Waals surface area (Å²) < 4.78 is 72.2. The Balaban J connectivity index is 0.000000294. The summed E-state index contributed by atoms with van der Waals surface area (Å²) in [6.07, 6.45) is 10.3. The highest BCUT2D eigenvalue weighted by Gasteiger charge is 2.22. The molecule has 3 nitrogen and oxygen atoms in total. The number of fused-ring (bicyclic) bond motifs is 1. The molecular formula is C46H33B2Cl4F8NO2. The van der Waals surface area contributed by atoms with Gasteiger partial charge < -0.3 is 14.1 Å². The van der Waals surface area contributed by atoms with Gasteiger partial charge in [-0.2, -0.15) is 0 Å². The van der Waals surface area contributed by atoms with Gasteiger partial charge in [0, 0.05) is 43.4 Å². The van der Waals surface area contributed by atoms with Gasteiger partial charge in [0.15, 0.2) is 6.21 Å². The number of rotatable bonds is 5. The predicted molar refractivity (Wildman–Crippen MR) is 241 cm³/mol. The maximum Gasteiger partial charge on any atom is 0.762 e. The number of para-hydroxylation sites is 1. The van der Waals surface area contributed by atoms with Crippen LogP contribution in [0.3, 0.4) is 0 Å². The molecule has 0 saturated carbocycles. The highest BCUT2D eigenvalue weighted by molar-refractivity contribution is 6.33. The molecule has 63 heavy (non-hydrogen) atoms. The third-order valence-electron chi connectivity index (χ3n) is 8.70. The molecule has 0 fully saturated rings. The zero-order valence-electron chi connectivity index (χ0n) is 33.0. The maximum absolute atomic E-state index is 9.67. The van der Waals surface area contributed by atoms with Crippen molar-refractivity contribution in [3.05, 3.63) is 206 Å². The Bertz CT molecular complexity index is 2520. The highest BCUT2D eigenvalue weighted by Crippen LogP contribution is 2.35. The second-order valence-electron chi connectivity index (χ2n) is 13.0. The van der Waals surface area contributed by atoms with Crippen LogP contribution in [0.4, 0.5) is 31.6 Å². The molecule has 1 aromatic heterocycles. The first-order valence-electron chi connectivity index (χ1n) is 18.2. The number of ether oxygens (including phenoxy) is 1. The van der Waals surface area contributed by atoms with Crippen molar-refractivity contribution < 1.29 is 49.0 Å². The summed E-state index contributed by atoms with van der Waals surface area (Å²) in [7, 11) is -5.27. The maximum atomic E-state index is 9.67. The lowest BCUT2D eigenvalue weighted by Gasteiger charge is -2.18. The van der Waals surface area contributed by atoms with Crippen LogP contribution in [-0.2, 0) is 4.74 Å². The van der Waals surface area contributed by atoms with Crippen molar-refractivity contribution in [1.29, 1.82) is 0 Å². The molecule has 0 aliphatic carbocycles. The standard InChI is InChI=1S/C28H20Cl2NO.C18H13Cl2O.2BF3.2FH/c1-31-18-21(26-4-2-3-5-27(26)31)10-15-25-16-22(19-6-11-23(29)12-7-19)17-28(32-25)20-8-13-24(30)14-9-20;1-12-10-15(13-2-6-16(19)7-3-13)11-18(21-12)14-4-8-17(20)9-5-14;2*2-1(3)4;;/h2-18H,1H3;2-11H,1H3;;;2*1H/q2*+1;;;;/p-2. The van der Waals surface area contributed by atoms with E-state index in [0.717, 1.165) is 67.0 Å². The molecular weight excluding hydrogens is 914 g/mol. The zero-order chi connectivity index (χ0) is 44.1. The van der Waals surface area contributed by atoms with Crippen LogP contribution in [0.25, 0.3) is 39.4 Å². The van der Waals surface area contributed by atoms with E-state index in [1.54, 1.807) is 0 Å². The van der Waals surface area contributed by atoms with E-state index < -0.39 is 15.1 Å². The largest absolute Gasteiger partial charge is 1.00 e. The molecule has 0 amide bonds. The number of benzene rings is 5. The van der Waals surface area contributed by atoms with Crippen LogP contribution >= 0.6 is 46.4 Å². The minimum atomic E-state index is -3.67. The Morgan fingerprint density at radius 1 is 0.556 bits per heavy atom. The fourth-order valence-corrected chi connectivity index (χ4v) is 6.55. The van der Waals surface area contributed by atoms with Crippen LogP contribution in [0.15, 0.2) is 168 Å². The molecule has 0 saturated heterocycles. The average Bonchev–Trinajstić information content (AvgIpc) is 3.55. The molecule has 0 atom stereocenters. The van der Waals surface area contributed by atoms with E-state index >= 15 is 0 Å².